The number of imidazole rings is 1. The second-order valence-electron chi connectivity index (χ2n) is 6.02. The number of rotatable bonds is 2. The Morgan fingerprint density at radius 1 is 1.35 bits per heavy atom. The summed E-state index contributed by atoms with van der Waals surface area (Å²) in [6.45, 7) is 4.39. The van der Waals surface area contributed by atoms with Gasteiger partial charge in [-0.15, -0.1) is 0 Å². The first-order valence-electron chi connectivity index (χ1n) is 7.92. The van der Waals surface area contributed by atoms with Crippen molar-refractivity contribution >= 4 is 5.91 Å². The molecule has 6 heteroatoms. The zero-order valence-electron chi connectivity index (χ0n) is 13.0. The fourth-order valence-electron chi connectivity index (χ4n) is 3.22. The number of fused-ring (bicyclic) bond motifs is 1. The molecule has 120 valence electrons. The van der Waals surface area contributed by atoms with Gasteiger partial charge in [-0.25, -0.2) is 4.98 Å². The van der Waals surface area contributed by atoms with Crippen LogP contribution in [0.4, 0.5) is 0 Å². The fourth-order valence-corrected chi connectivity index (χ4v) is 3.22. The van der Waals surface area contributed by atoms with Crippen LogP contribution in [0.3, 0.4) is 0 Å². The number of para-hydroxylation sites is 1. The van der Waals surface area contributed by atoms with E-state index in [1.54, 1.807) is 6.07 Å². The molecule has 2 aliphatic rings. The molecule has 6 nitrogen and oxygen atoms in total. The minimum atomic E-state index is -0.00173. The molecule has 1 aromatic heterocycles. The van der Waals surface area contributed by atoms with Gasteiger partial charge in [-0.3, -0.25) is 4.79 Å². The average Bonchev–Trinajstić information content (AvgIpc) is 3.22. The number of aromatic nitrogens is 2. The van der Waals surface area contributed by atoms with E-state index in [0.717, 1.165) is 24.5 Å². The third-order valence-electron chi connectivity index (χ3n) is 4.38. The average molecular weight is 313 g/mol. The number of H-pyrrole nitrogens is 1. The van der Waals surface area contributed by atoms with Crippen LogP contribution in [0.25, 0.3) is 0 Å². The zero-order chi connectivity index (χ0) is 15.8. The van der Waals surface area contributed by atoms with Crippen LogP contribution in [0.5, 0.6) is 11.5 Å². The molecule has 1 amide bonds. The van der Waals surface area contributed by atoms with Crippen LogP contribution in [-0.2, 0) is 0 Å². The number of carbonyl (C=O) groups excluding carboxylic acids is 1. The van der Waals surface area contributed by atoms with Gasteiger partial charge >= 0.3 is 0 Å². The molecule has 2 aromatic rings. The largest absolute Gasteiger partial charge is 0.486 e. The third-order valence-corrected chi connectivity index (χ3v) is 4.38. The summed E-state index contributed by atoms with van der Waals surface area (Å²) in [6.07, 6.45) is 2.75. The molecule has 1 fully saturated rings. The number of carbonyl (C=O) groups is 1. The molecule has 0 aliphatic carbocycles. The number of amides is 1. The van der Waals surface area contributed by atoms with Crippen molar-refractivity contribution in [2.75, 3.05) is 26.3 Å². The molecule has 2 aliphatic heterocycles. The molecule has 0 radical (unpaired) electrons. The Bertz CT molecular complexity index is 740. The molecular formula is C17H19N3O3. The van der Waals surface area contributed by atoms with Crippen LogP contribution < -0.4 is 9.47 Å². The molecule has 1 aromatic carbocycles. The molecule has 1 saturated heterocycles. The molecule has 23 heavy (non-hydrogen) atoms. The summed E-state index contributed by atoms with van der Waals surface area (Å²) >= 11 is 0. The van der Waals surface area contributed by atoms with E-state index in [9.17, 15) is 4.79 Å². The maximum atomic E-state index is 12.9. The lowest BCUT2D eigenvalue weighted by molar-refractivity contribution is 0.0780. The number of nitrogens with one attached hydrogen (secondary N) is 1. The van der Waals surface area contributed by atoms with Crippen LogP contribution in [0.15, 0.2) is 24.4 Å². The van der Waals surface area contributed by atoms with Crippen molar-refractivity contribution in [1.82, 2.24) is 14.9 Å². The second-order valence-corrected chi connectivity index (χ2v) is 6.02. The summed E-state index contributed by atoms with van der Waals surface area (Å²) in [5, 5.41) is 0. The van der Waals surface area contributed by atoms with E-state index in [4.69, 9.17) is 9.47 Å². The van der Waals surface area contributed by atoms with Gasteiger partial charge in [0, 0.05) is 30.9 Å². The predicted molar refractivity (Wildman–Crippen MR) is 84.0 cm³/mol. The minimum absolute atomic E-state index is 0.00173. The van der Waals surface area contributed by atoms with Crippen LogP contribution >= 0.6 is 0 Å². The monoisotopic (exact) mass is 313 g/mol. The van der Waals surface area contributed by atoms with E-state index in [1.165, 1.54) is 0 Å². The zero-order valence-corrected chi connectivity index (χ0v) is 13.0. The summed E-state index contributed by atoms with van der Waals surface area (Å²) in [6, 6.07) is 5.48. The number of likely N-dealkylation sites (tertiary alicyclic amines) is 1. The van der Waals surface area contributed by atoms with Crippen LogP contribution in [0, 0.1) is 6.92 Å². The minimum Gasteiger partial charge on any atom is -0.486 e. The molecule has 3 heterocycles. The Hall–Kier alpha value is -2.50. The number of hydrogen-bond acceptors (Lipinski definition) is 4. The van der Waals surface area contributed by atoms with E-state index >= 15 is 0 Å². The van der Waals surface area contributed by atoms with Crippen LogP contribution in [-0.4, -0.2) is 47.1 Å². The normalized spacial score (nSPS) is 19.9. The van der Waals surface area contributed by atoms with Gasteiger partial charge in [0.15, 0.2) is 11.5 Å². The summed E-state index contributed by atoms with van der Waals surface area (Å²) in [4.78, 5) is 22.4. The Morgan fingerprint density at radius 3 is 3.04 bits per heavy atom. The van der Waals surface area contributed by atoms with E-state index in [0.29, 0.717) is 36.8 Å². The van der Waals surface area contributed by atoms with Crippen molar-refractivity contribution in [1.29, 1.82) is 0 Å². The van der Waals surface area contributed by atoms with Gasteiger partial charge in [0.2, 0.25) is 0 Å². The van der Waals surface area contributed by atoms with Gasteiger partial charge in [-0.2, -0.15) is 0 Å². The highest BCUT2D eigenvalue weighted by atomic mass is 16.6. The molecule has 4 rings (SSSR count). The van der Waals surface area contributed by atoms with Crippen molar-refractivity contribution in [2.45, 2.75) is 19.3 Å². The van der Waals surface area contributed by atoms with E-state index in [1.807, 2.05) is 30.2 Å². The Balaban J connectivity index is 1.54. The maximum Gasteiger partial charge on any atom is 0.257 e. The third kappa shape index (κ3) is 2.54. The van der Waals surface area contributed by atoms with Gasteiger partial charge in [-0.1, -0.05) is 6.07 Å². The van der Waals surface area contributed by atoms with Gasteiger partial charge in [0.25, 0.3) is 5.91 Å². The Labute approximate surface area is 134 Å². The quantitative estimate of drug-likeness (QED) is 0.922. The van der Waals surface area contributed by atoms with Crippen LogP contribution in [0.2, 0.25) is 0 Å². The number of aromatic amines is 1. The van der Waals surface area contributed by atoms with Gasteiger partial charge in [-0.05, 0) is 25.5 Å². The highest BCUT2D eigenvalue weighted by Gasteiger charge is 2.32. The lowest BCUT2D eigenvalue weighted by atomic mass is 10.1. The SMILES string of the molecule is Cc1cnc([C@@H]2CCN(C(=O)c3cccc4c3OCCO4)C2)[nH]1. The number of nitrogens with zero attached hydrogens (tertiary/aromatic N) is 2. The van der Waals surface area contributed by atoms with Crippen molar-refractivity contribution < 1.29 is 14.3 Å². The molecule has 1 N–H and O–H groups in total. The fraction of sp³-hybridized carbons (Fsp3) is 0.412. The molecule has 0 saturated carbocycles. The van der Waals surface area contributed by atoms with Crippen molar-refractivity contribution in [3.05, 3.63) is 41.5 Å². The molecular weight excluding hydrogens is 294 g/mol. The second kappa shape index (κ2) is 5.61. The van der Waals surface area contributed by atoms with E-state index in [2.05, 4.69) is 9.97 Å². The maximum absolute atomic E-state index is 12.9. The highest BCUT2D eigenvalue weighted by Crippen LogP contribution is 2.35. The predicted octanol–water partition coefficient (Wildman–Crippen LogP) is 2.12. The van der Waals surface area contributed by atoms with Crippen molar-refractivity contribution in [2.24, 2.45) is 0 Å². The van der Waals surface area contributed by atoms with Gasteiger partial charge in [0.05, 0.1) is 5.56 Å². The number of ether oxygens (including phenoxy) is 2. The number of aryl methyl sites for hydroxylation is 1. The first-order valence-corrected chi connectivity index (χ1v) is 7.92. The molecule has 0 unspecified atom stereocenters. The first kappa shape index (κ1) is 14.1. The summed E-state index contributed by atoms with van der Waals surface area (Å²) in [7, 11) is 0. The van der Waals surface area contributed by atoms with Crippen molar-refractivity contribution in [3.63, 3.8) is 0 Å². The number of benzene rings is 1. The highest BCUT2D eigenvalue weighted by molar-refractivity contribution is 5.98. The lowest BCUT2D eigenvalue weighted by Crippen LogP contribution is -2.30. The van der Waals surface area contributed by atoms with Crippen LogP contribution in [0.1, 0.15) is 34.2 Å². The molecule has 0 spiro atoms. The van der Waals surface area contributed by atoms with E-state index in [-0.39, 0.29) is 11.8 Å². The summed E-state index contributed by atoms with van der Waals surface area (Å²) in [5.74, 6) is 2.45. The van der Waals surface area contributed by atoms with Crippen molar-refractivity contribution in [3.8, 4) is 11.5 Å². The first-order chi connectivity index (χ1) is 11.2. The Morgan fingerprint density at radius 2 is 2.22 bits per heavy atom. The molecule has 0 bridgehead atoms. The molecule has 1 atom stereocenters. The lowest BCUT2D eigenvalue weighted by Gasteiger charge is -2.23. The van der Waals surface area contributed by atoms with Gasteiger partial charge < -0.3 is 19.4 Å². The number of hydrogen-bond donors (Lipinski definition) is 1. The Kier molecular flexibility index (Phi) is 3.44. The van der Waals surface area contributed by atoms with Gasteiger partial charge in [0.1, 0.15) is 19.0 Å². The smallest absolute Gasteiger partial charge is 0.257 e. The van der Waals surface area contributed by atoms with E-state index < -0.39 is 0 Å². The topological polar surface area (TPSA) is 67.5 Å². The summed E-state index contributed by atoms with van der Waals surface area (Å²) in [5.41, 5.74) is 1.63. The summed E-state index contributed by atoms with van der Waals surface area (Å²) < 4.78 is 11.2. The standard InChI is InChI=1S/C17H19N3O3/c1-11-9-18-16(19-11)12-5-6-20(10-12)17(21)13-3-2-4-14-15(13)23-8-7-22-14/h2-4,9,12H,5-8,10H2,1H3,(H,18,19)/t12-/m1/s1.